The summed E-state index contributed by atoms with van der Waals surface area (Å²) in [6.07, 6.45) is 1.68. The van der Waals surface area contributed by atoms with Crippen LogP contribution in [-0.2, 0) is 16.0 Å². The van der Waals surface area contributed by atoms with E-state index in [1.54, 1.807) is 24.1 Å². The second-order valence-electron chi connectivity index (χ2n) is 5.73. The van der Waals surface area contributed by atoms with Crippen LogP contribution in [0.3, 0.4) is 0 Å². The van der Waals surface area contributed by atoms with Crippen molar-refractivity contribution in [1.29, 1.82) is 0 Å². The fraction of sp³-hybridized carbons (Fsp3) is 0.714. The molecule has 2 aliphatic rings. The van der Waals surface area contributed by atoms with Crippen LogP contribution in [0.15, 0.2) is 12.3 Å². The fourth-order valence-corrected chi connectivity index (χ4v) is 3.41. The van der Waals surface area contributed by atoms with Gasteiger partial charge in [0.05, 0.1) is 19.8 Å². The number of carbonyl (C=O) groups excluding carboxylic acids is 1. The van der Waals surface area contributed by atoms with Gasteiger partial charge in [0.2, 0.25) is 0 Å². The Morgan fingerprint density at radius 2 is 2.50 bits per heavy atom. The minimum absolute atomic E-state index is 0.0263. The molecule has 2 aliphatic heterocycles. The summed E-state index contributed by atoms with van der Waals surface area (Å²) in [6.45, 7) is 6.20. The summed E-state index contributed by atoms with van der Waals surface area (Å²) in [5.41, 5.74) is 0.641. The molecule has 0 radical (unpaired) electrons. The lowest BCUT2D eigenvalue weighted by atomic mass is 9.82. The van der Waals surface area contributed by atoms with E-state index in [0.29, 0.717) is 37.9 Å². The van der Waals surface area contributed by atoms with Gasteiger partial charge < -0.3 is 14.4 Å². The first-order valence-electron chi connectivity index (χ1n) is 7.08. The summed E-state index contributed by atoms with van der Waals surface area (Å²) >= 11 is 0. The second-order valence-corrected chi connectivity index (χ2v) is 5.73. The van der Waals surface area contributed by atoms with E-state index in [1.165, 1.54) is 0 Å². The molecule has 0 bridgehead atoms. The van der Waals surface area contributed by atoms with Crippen LogP contribution in [0.25, 0.3) is 0 Å². The first-order chi connectivity index (χ1) is 9.70. The van der Waals surface area contributed by atoms with Gasteiger partial charge in [-0.2, -0.15) is 5.10 Å². The summed E-state index contributed by atoms with van der Waals surface area (Å²) in [6, 6.07) is 1.79. The monoisotopic (exact) mass is 279 g/mol. The van der Waals surface area contributed by atoms with Gasteiger partial charge in [-0.25, -0.2) is 0 Å². The number of methoxy groups -OCH3 is 1. The lowest BCUT2D eigenvalue weighted by Crippen LogP contribution is -2.37. The summed E-state index contributed by atoms with van der Waals surface area (Å²) in [5, 5.41) is 4.17. The van der Waals surface area contributed by atoms with Crippen molar-refractivity contribution in [3.63, 3.8) is 0 Å². The normalized spacial score (nSPS) is 28.9. The number of nitrogens with zero attached hydrogens (tertiary/aromatic N) is 3. The van der Waals surface area contributed by atoms with Crippen LogP contribution < -0.4 is 0 Å². The maximum Gasteiger partial charge on any atom is 0.272 e. The number of ether oxygens (including phenoxy) is 2. The average Bonchev–Trinajstić information content (AvgIpc) is 3.10. The molecule has 6 nitrogen and oxygen atoms in total. The van der Waals surface area contributed by atoms with E-state index in [9.17, 15) is 4.79 Å². The van der Waals surface area contributed by atoms with Crippen LogP contribution in [-0.4, -0.2) is 60.6 Å². The highest BCUT2D eigenvalue weighted by Gasteiger charge is 2.52. The van der Waals surface area contributed by atoms with Crippen molar-refractivity contribution in [1.82, 2.24) is 14.7 Å². The molecule has 2 saturated heterocycles. The molecular weight excluding hydrogens is 258 g/mol. The zero-order valence-corrected chi connectivity index (χ0v) is 12.0. The van der Waals surface area contributed by atoms with E-state index < -0.39 is 0 Å². The Bertz CT molecular complexity index is 502. The zero-order valence-electron chi connectivity index (χ0n) is 12.0. The van der Waals surface area contributed by atoms with Crippen LogP contribution >= 0.6 is 0 Å². The molecule has 110 valence electrons. The Labute approximate surface area is 118 Å². The lowest BCUT2D eigenvalue weighted by Gasteiger charge is -2.26. The summed E-state index contributed by atoms with van der Waals surface area (Å²) in [5.74, 6) is 0.443. The van der Waals surface area contributed by atoms with Crippen molar-refractivity contribution in [2.45, 2.75) is 13.5 Å². The average molecular weight is 279 g/mol. The molecule has 3 rings (SSSR count). The lowest BCUT2D eigenvalue weighted by molar-refractivity contribution is 0.0484. The minimum Gasteiger partial charge on any atom is -0.384 e. The third-order valence-electron chi connectivity index (χ3n) is 4.48. The highest BCUT2D eigenvalue weighted by Crippen LogP contribution is 2.41. The number of carbonyl (C=O) groups is 1. The molecule has 2 fully saturated rings. The van der Waals surface area contributed by atoms with Crippen molar-refractivity contribution >= 4 is 5.91 Å². The summed E-state index contributed by atoms with van der Waals surface area (Å²) < 4.78 is 12.7. The van der Waals surface area contributed by atoms with E-state index in [2.05, 4.69) is 5.10 Å². The van der Waals surface area contributed by atoms with Gasteiger partial charge in [0.15, 0.2) is 0 Å². The van der Waals surface area contributed by atoms with Crippen molar-refractivity contribution in [2.75, 3.05) is 40.0 Å². The van der Waals surface area contributed by atoms with E-state index in [-0.39, 0.29) is 11.3 Å². The van der Waals surface area contributed by atoms with Crippen LogP contribution in [0.5, 0.6) is 0 Å². The van der Waals surface area contributed by atoms with Gasteiger partial charge in [-0.3, -0.25) is 9.48 Å². The number of hydrogen-bond donors (Lipinski definition) is 0. The van der Waals surface area contributed by atoms with Crippen LogP contribution in [0, 0.1) is 11.3 Å². The third-order valence-corrected chi connectivity index (χ3v) is 4.48. The Morgan fingerprint density at radius 3 is 3.25 bits per heavy atom. The largest absolute Gasteiger partial charge is 0.384 e. The molecule has 1 amide bonds. The standard InChI is InChI=1S/C14H21N3O3/c1-3-17-12(4-5-15-17)13(18)16-6-11-7-20-10-14(11,8-16)9-19-2/h4-5,11H,3,6-10H2,1-2H3/t11-,14-/m0/s1. The maximum absolute atomic E-state index is 12.6. The van der Waals surface area contributed by atoms with E-state index in [0.717, 1.165) is 13.2 Å². The van der Waals surface area contributed by atoms with Gasteiger partial charge in [0.25, 0.3) is 5.91 Å². The molecule has 1 aromatic rings. The number of hydrogen-bond acceptors (Lipinski definition) is 4. The van der Waals surface area contributed by atoms with Gasteiger partial charge in [-0.05, 0) is 13.0 Å². The highest BCUT2D eigenvalue weighted by atomic mass is 16.5. The fourth-order valence-electron chi connectivity index (χ4n) is 3.41. The van der Waals surface area contributed by atoms with Crippen LogP contribution in [0.2, 0.25) is 0 Å². The summed E-state index contributed by atoms with van der Waals surface area (Å²) in [4.78, 5) is 14.6. The van der Waals surface area contributed by atoms with Gasteiger partial charge in [0.1, 0.15) is 5.69 Å². The molecule has 6 heteroatoms. The van der Waals surface area contributed by atoms with Gasteiger partial charge in [0, 0.05) is 44.3 Å². The predicted molar refractivity (Wildman–Crippen MR) is 72.4 cm³/mol. The topological polar surface area (TPSA) is 56.6 Å². The molecule has 0 unspecified atom stereocenters. The van der Waals surface area contributed by atoms with E-state index >= 15 is 0 Å². The maximum atomic E-state index is 12.6. The number of rotatable bonds is 4. The first kappa shape index (κ1) is 13.6. The smallest absolute Gasteiger partial charge is 0.272 e. The van der Waals surface area contributed by atoms with Crippen molar-refractivity contribution in [3.8, 4) is 0 Å². The Hall–Kier alpha value is -1.40. The predicted octanol–water partition coefficient (Wildman–Crippen LogP) is 0.638. The van der Waals surface area contributed by atoms with Crippen molar-refractivity contribution < 1.29 is 14.3 Å². The van der Waals surface area contributed by atoms with Gasteiger partial charge in [-0.1, -0.05) is 0 Å². The number of aromatic nitrogens is 2. The van der Waals surface area contributed by atoms with Gasteiger partial charge >= 0.3 is 0 Å². The van der Waals surface area contributed by atoms with Gasteiger partial charge in [-0.15, -0.1) is 0 Å². The molecule has 1 aromatic heterocycles. The Balaban J connectivity index is 1.78. The Kier molecular flexibility index (Phi) is 3.52. The number of likely N-dealkylation sites (tertiary alicyclic amines) is 1. The third kappa shape index (κ3) is 2.03. The quantitative estimate of drug-likeness (QED) is 0.811. The van der Waals surface area contributed by atoms with E-state index in [4.69, 9.17) is 9.47 Å². The van der Waals surface area contributed by atoms with Crippen molar-refractivity contribution in [3.05, 3.63) is 18.0 Å². The van der Waals surface area contributed by atoms with Crippen LogP contribution in [0.1, 0.15) is 17.4 Å². The number of aryl methyl sites for hydroxylation is 1. The molecule has 0 spiro atoms. The molecule has 0 N–H and O–H groups in total. The molecule has 2 atom stereocenters. The molecule has 20 heavy (non-hydrogen) atoms. The SMILES string of the molecule is CCn1nccc1C(=O)N1C[C@H]2COC[C@@]2(COC)C1. The van der Waals surface area contributed by atoms with E-state index in [1.807, 2.05) is 11.8 Å². The molecule has 0 aliphatic carbocycles. The molecule has 0 aromatic carbocycles. The highest BCUT2D eigenvalue weighted by molar-refractivity contribution is 5.92. The number of fused-ring (bicyclic) bond motifs is 1. The van der Waals surface area contributed by atoms with Crippen LogP contribution in [0.4, 0.5) is 0 Å². The minimum atomic E-state index is -0.0263. The second kappa shape index (κ2) is 5.18. The number of amides is 1. The zero-order chi connectivity index (χ0) is 14.2. The molecule has 3 heterocycles. The first-order valence-corrected chi connectivity index (χ1v) is 7.08. The molecular formula is C14H21N3O3. The summed E-state index contributed by atoms with van der Waals surface area (Å²) in [7, 11) is 1.71. The Morgan fingerprint density at radius 1 is 1.65 bits per heavy atom. The molecule has 0 saturated carbocycles. The van der Waals surface area contributed by atoms with Crippen molar-refractivity contribution in [2.24, 2.45) is 11.3 Å².